The van der Waals surface area contributed by atoms with Crippen molar-refractivity contribution >= 4 is 5.65 Å². The molecule has 0 radical (unpaired) electrons. The molecule has 0 saturated heterocycles. The van der Waals surface area contributed by atoms with Gasteiger partial charge in [0.2, 0.25) is 5.88 Å². The first-order valence-electron chi connectivity index (χ1n) is 5.75. The van der Waals surface area contributed by atoms with E-state index in [1.807, 2.05) is 30.3 Å². The van der Waals surface area contributed by atoms with Gasteiger partial charge >= 0.3 is 0 Å². The first kappa shape index (κ1) is 10.8. The van der Waals surface area contributed by atoms with Crippen LogP contribution in [0.5, 0.6) is 5.88 Å². The minimum Gasteiger partial charge on any atom is -0.481 e. The topological polar surface area (TPSA) is 39.4 Å². The highest BCUT2D eigenvalue weighted by atomic mass is 16.5. The smallest absolute Gasteiger partial charge is 0.216 e. The molecule has 0 spiro atoms. The SMILES string of the molecule is COc1cccc2nc(-c3ccc(C)cc3)nn12. The second kappa shape index (κ2) is 4.14. The highest BCUT2D eigenvalue weighted by Crippen LogP contribution is 2.19. The number of hydrogen-bond acceptors (Lipinski definition) is 3. The monoisotopic (exact) mass is 239 g/mol. The van der Waals surface area contributed by atoms with Crippen LogP contribution in [0.4, 0.5) is 0 Å². The highest BCUT2D eigenvalue weighted by Gasteiger charge is 2.08. The third kappa shape index (κ3) is 1.72. The summed E-state index contributed by atoms with van der Waals surface area (Å²) in [6, 6.07) is 13.8. The third-order valence-electron chi connectivity index (χ3n) is 2.84. The van der Waals surface area contributed by atoms with Crippen LogP contribution in [0.1, 0.15) is 5.56 Å². The molecule has 4 nitrogen and oxygen atoms in total. The molecule has 3 rings (SSSR count). The van der Waals surface area contributed by atoms with Gasteiger partial charge in [0.15, 0.2) is 11.5 Å². The number of aryl methyl sites for hydroxylation is 1. The van der Waals surface area contributed by atoms with Crippen LogP contribution >= 0.6 is 0 Å². The van der Waals surface area contributed by atoms with Gasteiger partial charge in [0.1, 0.15) is 0 Å². The Balaban J connectivity index is 2.16. The molecule has 0 saturated carbocycles. The maximum absolute atomic E-state index is 5.26. The predicted molar refractivity (Wildman–Crippen MR) is 69.7 cm³/mol. The van der Waals surface area contributed by atoms with Crippen molar-refractivity contribution in [3.05, 3.63) is 48.0 Å². The number of hydrogen-bond donors (Lipinski definition) is 0. The van der Waals surface area contributed by atoms with Crippen LogP contribution in [0.3, 0.4) is 0 Å². The molecule has 3 aromatic rings. The van der Waals surface area contributed by atoms with E-state index in [0.717, 1.165) is 11.2 Å². The molecule has 1 aromatic carbocycles. The Morgan fingerprint density at radius 1 is 1.06 bits per heavy atom. The normalized spacial score (nSPS) is 10.8. The Kier molecular flexibility index (Phi) is 2.48. The number of aromatic nitrogens is 3. The van der Waals surface area contributed by atoms with E-state index in [1.165, 1.54) is 5.56 Å². The zero-order valence-corrected chi connectivity index (χ0v) is 10.3. The molecule has 0 bridgehead atoms. The largest absolute Gasteiger partial charge is 0.481 e. The molecule has 0 aliphatic heterocycles. The molecule has 18 heavy (non-hydrogen) atoms. The molecule has 0 N–H and O–H groups in total. The lowest BCUT2D eigenvalue weighted by atomic mass is 10.1. The zero-order valence-electron chi connectivity index (χ0n) is 10.3. The third-order valence-corrected chi connectivity index (χ3v) is 2.84. The summed E-state index contributed by atoms with van der Waals surface area (Å²) in [4.78, 5) is 4.49. The fraction of sp³-hybridized carbons (Fsp3) is 0.143. The Labute approximate surface area is 105 Å². The first-order chi connectivity index (χ1) is 8.78. The van der Waals surface area contributed by atoms with E-state index in [2.05, 4.69) is 29.1 Å². The van der Waals surface area contributed by atoms with Crippen molar-refractivity contribution in [3.8, 4) is 17.3 Å². The molecule has 0 amide bonds. The van der Waals surface area contributed by atoms with Crippen molar-refractivity contribution in [2.75, 3.05) is 7.11 Å². The molecular formula is C14H13N3O. The summed E-state index contributed by atoms with van der Waals surface area (Å²) in [6.45, 7) is 2.06. The molecule has 0 unspecified atom stereocenters. The summed E-state index contributed by atoms with van der Waals surface area (Å²) in [7, 11) is 1.63. The van der Waals surface area contributed by atoms with E-state index < -0.39 is 0 Å². The van der Waals surface area contributed by atoms with Gasteiger partial charge in [-0.2, -0.15) is 4.52 Å². The van der Waals surface area contributed by atoms with Gasteiger partial charge in [-0.25, -0.2) is 4.98 Å². The molecule has 0 aliphatic carbocycles. The van der Waals surface area contributed by atoms with E-state index in [1.54, 1.807) is 11.6 Å². The average molecular weight is 239 g/mol. The van der Waals surface area contributed by atoms with Gasteiger partial charge in [0.25, 0.3) is 0 Å². The maximum Gasteiger partial charge on any atom is 0.216 e. The lowest BCUT2D eigenvalue weighted by Crippen LogP contribution is -1.94. The van der Waals surface area contributed by atoms with E-state index >= 15 is 0 Å². The standard InChI is InChI=1S/C14H13N3O/c1-10-6-8-11(9-7-10)14-15-12-4-3-5-13(18-2)17(12)16-14/h3-9H,1-2H3. The van der Waals surface area contributed by atoms with E-state index in [9.17, 15) is 0 Å². The minimum absolute atomic E-state index is 0.679. The Bertz CT molecular complexity index is 686. The highest BCUT2D eigenvalue weighted by molar-refractivity contribution is 5.59. The van der Waals surface area contributed by atoms with Crippen molar-refractivity contribution < 1.29 is 4.74 Å². The fourth-order valence-corrected chi connectivity index (χ4v) is 1.86. The first-order valence-corrected chi connectivity index (χ1v) is 5.75. The van der Waals surface area contributed by atoms with Crippen LogP contribution in [-0.4, -0.2) is 21.7 Å². The number of fused-ring (bicyclic) bond motifs is 1. The quantitative estimate of drug-likeness (QED) is 0.690. The molecule has 2 heterocycles. The van der Waals surface area contributed by atoms with Gasteiger partial charge in [-0.1, -0.05) is 35.9 Å². The average Bonchev–Trinajstić information content (AvgIpc) is 2.83. The van der Waals surface area contributed by atoms with Crippen LogP contribution in [0.15, 0.2) is 42.5 Å². The van der Waals surface area contributed by atoms with Gasteiger partial charge < -0.3 is 4.74 Å². The number of rotatable bonds is 2. The van der Waals surface area contributed by atoms with Gasteiger partial charge in [-0.15, -0.1) is 5.10 Å². The Morgan fingerprint density at radius 3 is 2.56 bits per heavy atom. The molecule has 90 valence electrons. The number of ether oxygens (including phenoxy) is 1. The molecule has 0 aliphatic rings. The minimum atomic E-state index is 0.679. The van der Waals surface area contributed by atoms with Gasteiger partial charge in [0.05, 0.1) is 7.11 Å². The molecular weight excluding hydrogens is 226 g/mol. The summed E-state index contributed by atoms with van der Waals surface area (Å²) in [5.41, 5.74) is 3.01. The summed E-state index contributed by atoms with van der Waals surface area (Å²) < 4.78 is 6.96. The number of benzene rings is 1. The zero-order chi connectivity index (χ0) is 12.5. The van der Waals surface area contributed by atoms with Crippen LogP contribution in [-0.2, 0) is 0 Å². The Hall–Kier alpha value is -2.36. The van der Waals surface area contributed by atoms with Gasteiger partial charge in [0, 0.05) is 11.6 Å². The fourth-order valence-electron chi connectivity index (χ4n) is 1.86. The lowest BCUT2D eigenvalue weighted by molar-refractivity contribution is 0.386. The molecule has 2 aromatic heterocycles. The van der Waals surface area contributed by atoms with E-state index in [4.69, 9.17) is 4.74 Å². The van der Waals surface area contributed by atoms with E-state index in [-0.39, 0.29) is 0 Å². The van der Waals surface area contributed by atoms with E-state index in [0.29, 0.717) is 11.7 Å². The van der Waals surface area contributed by atoms with Crippen LogP contribution in [0.25, 0.3) is 17.0 Å². The number of nitrogens with zero attached hydrogens (tertiary/aromatic N) is 3. The van der Waals surface area contributed by atoms with Crippen molar-refractivity contribution in [1.29, 1.82) is 0 Å². The van der Waals surface area contributed by atoms with Gasteiger partial charge in [-0.3, -0.25) is 0 Å². The van der Waals surface area contributed by atoms with Crippen LogP contribution < -0.4 is 4.74 Å². The van der Waals surface area contributed by atoms with Crippen molar-refractivity contribution in [1.82, 2.24) is 14.6 Å². The van der Waals surface area contributed by atoms with Crippen LogP contribution in [0, 0.1) is 6.92 Å². The summed E-state index contributed by atoms with van der Waals surface area (Å²) >= 11 is 0. The second-order valence-electron chi connectivity index (χ2n) is 4.14. The molecule has 4 heteroatoms. The number of pyridine rings is 1. The van der Waals surface area contributed by atoms with Gasteiger partial charge in [-0.05, 0) is 13.0 Å². The van der Waals surface area contributed by atoms with Crippen molar-refractivity contribution in [2.24, 2.45) is 0 Å². The Morgan fingerprint density at radius 2 is 1.83 bits per heavy atom. The second-order valence-corrected chi connectivity index (χ2v) is 4.14. The lowest BCUT2D eigenvalue weighted by Gasteiger charge is -1.99. The number of methoxy groups -OCH3 is 1. The molecule has 0 atom stereocenters. The predicted octanol–water partition coefficient (Wildman–Crippen LogP) is 2.71. The molecule has 0 fully saturated rings. The summed E-state index contributed by atoms with van der Waals surface area (Å²) in [5, 5.41) is 4.46. The van der Waals surface area contributed by atoms with Crippen LogP contribution in [0.2, 0.25) is 0 Å². The van der Waals surface area contributed by atoms with Crippen molar-refractivity contribution in [2.45, 2.75) is 6.92 Å². The maximum atomic E-state index is 5.26. The summed E-state index contributed by atoms with van der Waals surface area (Å²) in [5.74, 6) is 1.39. The summed E-state index contributed by atoms with van der Waals surface area (Å²) in [6.07, 6.45) is 0. The van der Waals surface area contributed by atoms with Crippen molar-refractivity contribution in [3.63, 3.8) is 0 Å².